The maximum atomic E-state index is 15.1. The molecule has 5 heteroatoms. The zero-order chi connectivity index (χ0) is 34.9. The number of ketones is 1. The smallest absolute Gasteiger partial charge is 0.197 e. The van der Waals surface area contributed by atoms with Crippen LogP contribution in [0.5, 0.6) is 0 Å². The molecule has 10 rings (SSSR count). The van der Waals surface area contributed by atoms with Gasteiger partial charge in [0.1, 0.15) is 0 Å². The second-order valence-corrected chi connectivity index (χ2v) is 13.6. The normalized spacial score (nSPS) is 12.1. The molecule has 0 bridgehead atoms. The Morgan fingerprint density at radius 2 is 0.962 bits per heavy atom. The van der Waals surface area contributed by atoms with Crippen LogP contribution in [0.15, 0.2) is 158 Å². The van der Waals surface area contributed by atoms with E-state index in [1.54, 1.807) is 0 Å². The molecule has 0 saturated carbocycles. The fourth-order valence-electron chi connectivity index (χ4n) is 8.04. The molecule has 0 spiro atoms. The lowest BCUT2D eigenvalue weighted by atomic mass is 9.92. The van der Waals surface area contributed by atoms with Crippen LogP contribution in [0.3, 0.4) is 0 Å². The summed E-state index contributed by atoms with van der Waals surface area (Å²) in [6.45, 7) is 4.26. The predicted molar refractivity (Wildman–Crippen MR) is 210 cm³/mol. The fourth-order valence-corrected chi connectivity index (χ4v) is 8.04. The average molecular weight is 669 g/mol. The lowest BCUT2D eigenvalue weighted by Gasteiger charge is -2.15. The Balaban J connectivity index is 1.18. The van der Waals surface area contributed by atoms with E-state index < -0.39 is 0 Å². The van der Waals surface area contributed by atoms with Gasteiger partial charge in [0.25, 0.3) is 0 Å². The third-order valence-electron chi connectivity index (χ3n) is 10.3. The van der Waals surface area contributed by atoms with E-state index >= 15 is 4.79 Å². The topological polar surface area (TPSA) is 52.7 Å². The van der Waals surface area contributed by atoms with E-state index in [0.717, 1.165) is 67.2 Å². The zero-order valence-electron chi connectivity index (χ0n) is 28.7. The molecule has 2 aromatic heterocycles. The first-order valence-corrected chi connectivity index (χ1v) is 17.6. The maximum absolute atomic E-state index is 15.1. The quantitative estimate of drug-likeness (QED) is 0.183. The van der Waals surface area contributed by atoms with E-state index in [-0.39, 0.29) is 5.78 Å². The van der Waals surface area contributed by atoms with Crippen LogP contribution in [-0.4, -0.2) is 25.1 Å². The maximum Gasteiger partial charge on any atom is 0.197 e. The van der Waals surface area contributed by atoms with Crippen LogP contribution < -0.4 is 0 Å². The molecule has 0 radical (unpaired) electrons. The van der Waals surface area contributed by atoms with E-state index in [1.165, 1.54) is 21.9 Å². The minimum atomic E-state index is 0.0229. The Morgan fingerprint density at radius 1 is 0.442 bits per heavy atom. The Kier molecular flexibility index (Phi) is 6.70. The van der Waals surface area contributed by atoms with Gasteiger partial charge in [0.15, 0.2) is 17.4 Å². The van der Waals surface area contributed by atoms with Crippen LogP contribution >= 0.6 is 0 Å². The molecule has 9 aromatic rings. The molecule has 7 aromatic carbocycles. The number of hydrogen-bond donors (Lipinski definition) is 0. The summed E-state index contributed by atoms with van der Waals surface area (Å²) in [5.74, 6) is 1.48. The molecule has 0 aliphatic heterocycles. The molecule has 0 unspecified atom stereocenters. The highest BCUT2D eigenvalue weighted by atomic mass is 16.1. The zero-order valence-corrected chi connectivity index (χ0v) is 28.7. The summed E-state index contributed by atoms with van der Waals surface area (Å²) in [6, 6.07) is 54.1. The number of benzene rings is 7. The SMILES string of the molecule is Cc1ccc2c(c1)c1cc(C)ccc1n2-c1cccc2c1C(=O)c1c(-c3ccccc3-c3nnc(-c4ccccc4)n3-c3ccccc3)cccc1-2. The number of fused-ring (bicyclic) bond motifs is 6. The van der Waals surface area contributed by atoms with Crippen LogP contribution in [0.1, 0.15) is 27.0 Å². The van der Waals surface area contributed by atoms with E-state index in [2.05, 4.69) is 132 Å². The van der Waals surface area contributed by atoms with Crippen molar-refractivity contribution in [1.29, 1.82) is 0 Å². The van der Waals surface area contributed by atoms with Gasteiger partial charge in [-0.25, -0.2) is 0 Å². The van der Waals surface area contributed by atoms with Gasteiger partial charge in [-0.2, -0.15) is 0 Å². The molecular formula is C47H32N4O. The number of rotatable bonds is 5. The Morgan fingerprint density at radius 3 is 1.63 bits per heavy atom. The van der Waals surface area contributed by atoms with Crippen molar-refractivity contribution in [3.8, 4) is 56.4 Å². The van der Waals surface area contributed by atoms with Gasteiger partial charge in [-0.3, -0.25) is 9.36 Å². The summed E-state index contributed by atoms with van der Waals surface area (Å²) >= 11 is 0. The molecule has 2 heterocycles. The van der Waals surface area contributed by atoms with E-state index in [1.807, 2.05) is 48.5 Å². The Bertz CT molecular complexity index is 2820. The number of carbonyl (C=O) groups excluding carboxylic acids is 1. The first kappa shape index (κ1) is 30.0. The van der Waals surface area contributed by atoms with Crippen LogP contribution in [-0.2, 0) is 0 Å². The van der Waals surface area contributed by atoms with Gasteiger partial charge >= 0.3 is 0 Å². The lowest BCUT2D eigenvalue weighted by Crippen LogP contribution is -2.06. The first-order valence-electron chi connectivity index (χ1n) is 17.6. The van der Waals surface area contributed by atoms with E-state index in [9.17, 15) is 0 Å². The van der Waals surface area contributed by atoms with Gasteiger partial charge in [-0.05, 0) is 78.6 Å². The number of nitrogens with zero attached hydrogens (tertiary/aromatic N) is 4. The van der Waals surface area contributed by atoms with Crippen molar-refractivity contribution in [1.82, 2.24) is 19.3 Å². The highest BCUT2D eigenvalue weighted by molar-refractivity contribution is 6.27. The van der Waals surface area contributed by atoms with Crippen LogP contribution in [0.4, 0.5) is 0 Å². The van der Waals surface area contributed by atoms with Gasteiger partial charge in [0.2, 0.25) is 0 Å². The van der Waals surface area contributed by atoms with Gasteiger partial charge in [-0.15, -0.1) is 10.2 Å². The molecule has 246 valence electrons. The molecule has 0 atom stereocenters. The molecule has 5 nitrogen and oxygen atoms in total. The number of carbonyl (C=O) groups is 1. The Labute approximate surface area is 301 Å². The minimum Gasteiger partial charge on any atom is -0.308 e. The number of aryl methyl sites for hydroxylation is 2. The molecule has 52 heavy (non-hydrogen) atoms. The monoisotopic (exact) mass is 668 g/mol. The van der Waals surface area contributed by atoms with Crippen molar-refractivity contribution >= 4 is 27.6 Å². The van der Waals surface area contributed by atoms with Crippen molar-refractivity contribution < 1.29 is 4.79 Å². The highest BCUT2D eigenvalue weighted by Crippen LogP contribution is 2.47. The molecular weight excluding hydrogens is 637 g/mol. The van der Waals surface area contributed by atoms with Crippen molar-refractivity contribution in [2.24, 2.45) is 0 Å². The van der Waals surface area contributed by atoms with Crippen LogP contribution in [0, 0.1) is 13.8 Å². The number of aromatic nitrogens is 4. The van der Waals surface area contributed by atoms with Crippen molar-refractivity contribution in [3.05, 3.63) is 180 Å². The fraction of sp³-hybridized carbons (Fsp3) is 0.0426. The number of para-hydroxylation sites is 1. The van der Waals surface area contributed by atoms with Gasteiger partial charge in [-0.1, -0.05) is 126 Å². The standard InChI is InChI=1S/C47H32N4O/c1-29-23-25-40-38(27-29)39-28-30(2)24-26-41(39)51(40)42-22-12-21-36-35-20-11-19-34(43(35)45(52)44(36)42)33-17-9-10-18-37(33)47-49-48-46(31-13-5-3-6-14-31)50(47)32-15-7-4-8-16-32/h3-28H,1-2H3. The van der Waals surface area contributed by atoms with Crippen molar-refractivity contribution in [2.45, 2.75) is 13.8 Å². The van der Waals surface area contributed by atoms with E-state index in [4.69, 9.17) is 10.2 Å². The summed E-state index contributed by atoms with van der Waals surface area (Å²) in [5.41, 5.74) is 13.4. The molecule has 0 amide bonds. The van der Waals surface area contributed by atoms with Crippen LogP contribution in [0.2, 0.25) is 0 Å². The highest BCUT2D eigenvalue weighted by Gasteiger charge is 2.34. The van der Waals surface area contributed by atoms with Gasteiger partial charge < -0.3 is 4.57 Å². The summed E-state index contributed by atoms with van der Waals surface area (Å²) in [4.78, 5) is 15.1. The number of hydrogen-bond acceptors (Lipinski definition) is 3. The summed E-state index contributed by atoms with van der Waals surface area (Å²) in [5, 5.41) is 11.9. The molecule has 0 N–H and O–H groups in total. The molecule has 0 fully saturated rings. The van der Waals surface area contributed by atoms with Gasteiger partial charge in [0.05, 0.1) is 22.3 Å². The van der Waals surface area contributed by atoms with Crippen molar-refractivity contribution in [2.75, 3.05) is 0 Å². The molecule has 1 aliphatic rings. The second-order valence-electron chi connectivity index (χ2n) is 13.6. The summed E-state index contributed by atoms with van der Waals surface area (Å²) in [6.07, 6.45) is 0. The molecule has 1 aliphatic carbocycles. The second kappa shape index (κ2) is 11.6. The third kappa shape index (κ3) is 4.46. The Hall–Kier alpha value is -6.85. The largest absolute Gasteiger partial charge is 0.308 e. The lowest BCUT2D eigenvalue weighted by molar-refractivity contribution is 0.104. The predicted octanol–water partition coefficient (Wildman–Crippen LogP) is 11.2. The summed E-state index contributed by atoms with van der Waals surface area (Å²) < 4.78 is 4.38. The minimum absolute atomic E-state index is 0.0229. The third-order valence-corrected chi connectivity index (χ3v) is 10.3. The first-order chi connectivity index (χ1) is 25.6. The average Bonchev–Trinajstić information content (AvgIpc) is 3.86. The van der Waals surface area contributed by atoms with Crippen LogP contribution in [0.25, 0.3) is 78.2 Å². The van der Waals surface area contributed by atoms with E-state index in [0.29, 0.717) is 11.4 Å². The van der Waals surface area contributed by atoms with Gasteiger partial charge in [0, 0.05) is 33.2 Å². The molecule has 0 saturated heterocycles. The van der Waals surface area contributed by atoms with Crippen molar-refractivity contribution in [3.63, 3.8) is 0 Å². The summed E-state index contributed by atoms with van der Waals surface area (Å²) in [7, 11) is 0.